The number of halogens is 3. The average Bonchev–Trinajstić information content (AvgIpc) is 3.44. The van der Waals surface area contributed by atoms with E-state index < -0.39 is 0 Å². The molecule has 2 heterocycles. The van der Waals surface area contributed by atoms with Crippen LogP contribution < -0.4 is 5.32 Å². The van der Waals surface area contributed by atoms with Gasteiger partial charge in [0.2, 0.25) is 0 Å². The fraction of sp³-hybridized carbons (Fsp3) is 0. The van der Waals surface area contributed by atoms with Gasteiger partial charge in [0.05, 0.1) is 11.4 Å². The Labute approximate surface area is 197 Å². The van der Waals surface area contributed by atoms with E-state index in [1.807, 2.05) is 60.1 Å². The highest BCUT2D eigenvalue weighted by Gasteiger charge is 2.17. The Bertz CT molecular complexity index is 1360. The second-order valence-corrected chi connectivity index (χ2v) is 8.72. The Balaban J connectivity index is 1.54. The van der Waals surface area contributed by atoms with E-state index >= 15 is 0 Å². The summed E-state index contributed by atoms with van der Waals surface area (Å²) in [7, 11) is 0. The minimum atomic E-state index is -0.295. The molecular formula is C24H15Cl2FN4S. The summed E-state index contributed by atoms with van der Waals surface area (Å²) in [4.78, 5) is 4.76. The predicted octanol–water partition coefficient (Wildman–Crippen LogP) is 7.85. The minimum Gasteiger partial charge on any atom is -0.332 e. The van der Waals surface area contributed by atoms with E-state index in [2.05, 4.69) is 5.32 Å². The van der Waals surface area contributed by atoms with Crippen LogP contribution >= 0.6 is 34.5 Å². The van der Waals surface area contributed by atoms with Crippen molar-refractivity contribution in [3.05, 3.63) is 100 Å². The summed E-state index contributed by atoms with van der Waals surface area (Å²) in [6, 6.07) is 21.1. The van der Waals surface area contributed by atoms with Crippen LogP contribution in [0, 0.1) is 5.82 Å². The van der Waals surface area contributed by atoms with Gasteiger partial charge in [0.1, 0.15) is 11.5 Å². The van der Waals surface area contributed by atoms with Crippen LogP contribution in [0.1, 0.15) is 0 Å². The summed E-state index contributed by atoms with van der Waals surface area (Å²) in [6.07, 6.45) is 1.90. The van der Waals surface area contributed by atoms with Gasteiger partial charge in [-0.15, -0.1) is 11.3 Å². The first-order valence-corrected chi connectivity index (χ1v) is 11.3. The van der Waals surface area contributed by atoms with Crippen molar-refractivity contribution in [1.29, 1.82) is 0 Å². The molecule has 0 saturated carbocycles. The maximum atomic E-state index is 13.4. The molecule has 0 unspecified atom stereocenters. The molecule has 0 atom stereocenters. The van der Waals surface area contributed by atoms with Crippen molar-refractivity contribution in [1.82, 2.24) is 14.8 Å². The molecule has 0 radical (unpaired) electrons. The van der Waals surface area contributed by atoms with Crippen LogP contribution in [0.2, 0.25) is 10.0 Å². The van der Waals surface area contributed by atoms with Crippen molar-refractivity contribution in [2.24, 2.45) is 0 Å². The minimum absolute atomic E-state index is 0.295. The number of thiazole rings is 1. The predicted molar refractivity (Wildman–Crippen MR) is 130 cm³/mol. The number of nitrogens with one attached hydrogen (secondary N) is 1. The van der Waals surface area contributed by atoms with E-state index in [9.17, 15) is 4.39 Å². The van der Waals surface area contributed by atoms with Crippen molar-refractivity contribution in [2.75, 3.05) is 5.32 Å². The summed E-state index contributed by atoms with van der Waals surface area (Å²) >= 11 is 13.5. The Morgan fingerprint density at radius 3 is 2.19 bits per heavy atom. The molecule has 0 bridgehead atoms. The number of benzene rings is 3. The molecule has 1 N–H and O–H groups in total. The van der Waals surface area contributed by atoms with Gasteiger partial charge >= 0.3 is 0 Å². The lowest BCUT2D eigenvalue weighted by molar-refractivity contribution is 0.627. The fourth-order valence-corrected chi connectivity index (χ4v) is 4.20. The smallest absolute Gasteiger partial charge is 0.187 e. The number of anilines is 2. The molecule has 0 saturated heterocycles. The van der Waals surface area contributed by atoms with Gasteiger partial charge in [-0.3, -0.25) is 0 Å². The van der Waals surface area contributed by atoms with Crippen LogP contribution in [0.3, 0.4) is 0 Å². The van der Waals surface area contributed by atoms with Gasteiger partial charge in [-0.05, 0) is 60.7 Å². The normalized spacial score (nSPS) is 11.0. The van der Waals surface area contributed by atoms with E-state index in [-0.39, 0.29) is 5.82 Å². The third-order valence-corrected chi connectivity index (χ3v) is 6.06. The van der Waals surface area contributed by atoms with Crippen molar-refractivity contribution >= 4 is 45.4 Å². The third kappa shape index (κ3) is 4.39. The van der Waals surface area contributed by atoms with Crippen LogP contribution in [0.4, 0.5) is 15.2 Å². The molecular weight excluding hydrogens is 466 g/mol. The first-order valence-electron chi connectivity index (χ1n) is 9.65. The zero-order valence-electron chi connectivity index (χ0n) is 16.5. The van der Waals surface area contributed by atoms with Crippen LogP contribution in [-0.2, 0) is 0 Å². The average molecular weight is 481 g/mol. The molecule has 32 heavy (non-hydrogen) atoms. The topological polar surface area (TPSA) is 42.7 Å². The summed E-state index contributed by atoms with van der Waals surface area (Å²) in [6.45, 7) is 0. The van der Waals surface area contributed by atoms with Gasteiger partial charge in [0, 0.05) is 38.4 Å². The summed E-state index contributed by atoms with van der Waals surface area (Å²) in [5.41, 5.74) is 4.96. The second-order valence-electron chi connectivity index (χ2n) is 6.99. The second kappa shape index (κ2) is 8.74. The van der Waals surface area contributed by atoms with Crippen molar-refractivity contribution in [3.8, 4) is 28.2 Å². The zero-order valence-corrected chi connectivity index (χ0v) is 18.8. The Morgan fingerprint density at radius 2 is 1.50 bits per heavy atom. The molecule has 8 heteroatoms. The Morgan fingerprint density at radius 1 is 0.844 bits per heavy atom. The van der Waals surface area contributed by atoms with E-state index in [4.69, 9.17) is 33.3 Å². The molecule has 5 rings (SSSR count). The van der Waals surface area contributed by atoms with Gasteiger partial charge in [-0.1, -0.05) is 35.3 Å². The van der Waals surface area contributed by atoms with Crippen LogP contribution in [-0.4, -0.2) is 14.8 Å². The first kappa shape index (κ1) is 20.7. The zero-order chi connectivity index (χ0) is 22.1. The van der Waals surface area contributed by atoms with Crippen LogP contribution in [0.5, 0.6) is 0 Å². The van der Waals surface area contributed by atoms with Gasteiger partial charge < -0.3 is 5.32 Å². The number of rotatable bonds is 5. The molecule has 158 valence electrons. The third-order valence-electron chi connectivity index (χ3n) is 4.80. The first-order chi connectivity index (χ1) is 15.5. The standard InChI is InChI=1S/C24H15Cl2FN4S/c25-16-3-1-15(2-4-16)23-21(13-31(30-23)20-11-7-18(27)8-12-20)22-14-32-24(29-22)28-19-9-5-17(26)6-10-19/h1-14H,(H,28,29). The molecule has 0 spiro atoms. The van der Waals surface area contributed by atoms with E-state index in [1.165, 1.54) is 23.5 Å². The molecule has 2 aromatic heterocycles. The maximum absolute atomic E-state index is 13.4. The quantitative estimate of drug-likeness (QED) is 0.278. The monoisotopic (exact) mass is 480 g/mol. The lowest BCUT2D eigenvalue weighted by atomic mass is 10.1. The SMILES string of the molecule is Fc1ccc(-n2cc(-c3csc(Nc4ccc(Cl)cc4)n3)c(-c3ccc(Cl)cc3)n2)cc1. The number of nitrogens with zero attached hydrogens (tertiary/aromatic N) is 3. The van der Waals surface area contributed by atoms with Crippen molar-refractivity contribution in [3.63, 3.8) is 0 Å². The Hall–Kier alpha value is -3.19. The molecule has 3 aromatic carbocycles. The van der Waals surface area contributed by atoms with E-state index in [0.29, 0.717) is 10.0 Å². The molecule has 0 fully saturated rings. The summed E-state index contributed by atoms with van der Waals surface area (Å²) < 4.78 is 15.1. The van der Waals surface area contributed by atoms with Gasteiger partial charge in [0.15, 0.2) is 5.13 Å². The van der Waals surface area contributed by atoms with Crippen LogP contribution in [0.25, 0.3) is 28.2 Å². The highest BCUT2D eigenvalue weighted by atomic mass is 35.5. The molecule has 0 aliphatic rings. The van der Waals surface area contributed by atoms with Crippen molar-refractivity contribution in [2.45, 2.75) is 0 Å². The highest BCUT2D eigenvalue weighted by Crippen LogP contribution is 2.35. The lowest BCUT2D eigenvalue weighted by Crippen LogP contribution is -1.94. The molecule has 0 aliphatic carbocycles. The van der Waals surface area contributed by atoms with E-state index in [1.54, 1.807) is 16.8 Å². The maximum Gasteiger partial charge on any atom is 0.187 e. The van der Waals surface area contributed by atoms with Crippen molar-refractivity contribution < 1.29 is 4.39 Å². The van der Waals surface area contributed by atoms with Crippen LogP contribution in [0.15, 0.2) is 84.4 Å². The van der Waals surface area contributed by atoms with Gasteiger partial charge in [-0.25, -0.2) is 14.1 Å². The number of hydrogen-bond acceptors (Lipinski definition) is 4. The lowest BCUT2D eigenvalue weighted by Gasteiger charge is -2.02. The fourth-order valence-electron chi connectivity index (χ4n) is 3.22. The number of aromatic nitrogens is 3. The Kier molecular flexibility index (Phi) is 5.66. The molecule has 0 aliphatic heterocycles. The molecule has 5 aromatic rings. The summed E-state index contributed by atoms with van der Waals surface area (Å²) in [5, 5.41) is 12.1. The van der Waals surface area contributed by atoms with Gasteiger partial charge in [-0.2, -0.15) is 5.10 Å². The molecule has 4 nitrogen and oxygen atoms in total. The van der Waals surface area contributed by atoms with E-state index in [0.717, 1.165) is 39.0 Å². The summed E-state index contributed by atoms with van der Waals surface area (Å²) in [5.74, 6) is -0.295. The largest absolute Gasteiger partial charge is 0.332 e. The highest BCUT2D eigenvalue weighted by molar-refractivity contribution is 7.14. The molecule has 0 amide bonds. The van der Waals surface area contributed by atoms with Gasteiger partial charge in [0.25, 0.3) is 0 Å². The number of hydrogen-bond donors (Lipinski definition) is 1.